The van der Waals surface area contributed by atoms with Crippen LogP contribution in [-0.2, 0) is 6.42 Å². The molecule has 1 aliphatic carbocycles. The van der Waals surface area contributed by atoms with Crippen molar-refractivity contribution in [1.82, 2.24) is 9.55 Å². The van der Waals surface area contributed by atoms with Crippen molar-refractivity contribution < 1.29 is 17.9 Å². The number of halogens is 4. The average molecular weight is 425 g/mol. The van der Waals surface area contributed by atoms with E-state index in [0.29, 0.717) is 10.8 Å². The van der Waals surface area contributed by atoms with Gasteiger partial charge in [-0.3, -0.25) is 4.57 Å². The number of hydrogen-bond donors (Lipinski definition) is 1. The number of rotatable bonds is 3. The summed E-state index contributed by atoms with van der Waals surface area (Å²) < 4.78 is 48.9. The fourth-order valence-electron chi connectivity index (χ4n) is 3.82. The van der Waals surface area contributed by atoms with Gasteiger partial charge in [0.25, 0.3) is 0 Å². The van der Waals surface area contributed by atoms with Gasteiger partial charge in [0.2, 0.25) is 0 Å². The maximum absolute atomic E-state index is 14.5. The third-order valence-electron chi connectivity index (χ3n) is 5.09. The highest BCUT2D eigenvalue weighted by atomic mass is 35.5. The van der Waals surface area contributed by atoms with Gasteiger partial charge in [0.05, 0.1) is 23.5 Å². The van der Waals surface area contributed by atoms with E-state index in [0.717, 1.165) is 42.3 Å². The van der Waals surface area contributed by atoms with E-state index in [1.807, 2.05) is 12.1 Å². The van der Waals surface area contributed by atoms with E-state index in [1.165, 1.54) is 17.7 Å². The topological polar surface area (TPSA) is 29.9 Å². The Bertz CT molecular complexity index is 1130. The van der Waals surface area contributed by atoms with E-state index < -0.39 is 17.5 Å². The summed E-state index contributed by atoms with van der Waals surface area (Å²) in [5, 5.41) is 0.486. The molecule has 0 fully saturated rings. The van der Waals surface area contributed by atoms with Crippen LogP contribution >= 0.6 is 23.8 Å². The van der Waals surface area contributed by atoms with Gasteiger partial charge in [-0.15, -0.1) is 0 Å². The molecule has 1 heterocycles. The lowest BCUT2D eigenvalue weighted by Crippen LogP contribution is -2.16. The molecule has 0 radical (unpaired) electrons. The quantitative estimate of drug-likeness (QED) is 0.407. The molecule has 1 aliphatic rings. The van der Waals surface area contributed by atoms with Crippen molar-refractivity contribution in [2.24, 2.45) is 0 Å². The predicted octanol–water partition coefficient (Wildman–Crippen LogP) is 6.08. The molecule has 28 heavy (non-hydrogen) atoms. The lowest BCUT2D eigenvalue weighted by molar-refractivity contribution is 0.414. The Hall–Kier alpha value is -2.25. The standard InChI is InChI=1S/C20H16ClF3N2OS/c1-27-16-9-10(5-6-12(16)21)11-3-2-4-14-19(11)26(20(28)25-14)15-8-7-13(22)17(23)18(15)24/h5-9,11H,2-4H2,1H3,(H,25,28). The zero-order valence-corrected chi connectivity index (χ0v) is 16.4. The van der Waals surface area contributed by atoms with Gasteiger partial charge in [-0.2, -0.15) is 0 Å². The van der Waals surface area contributed by atoms with E-state index in [9.17, 15) is 13.2 Å². The van der Waals surface area contributed by atoms with Crippen LogP contribution in [0.25, 0.3) is 5.69 Å². The first-order valence-electron chi connectivity index (χ1n) is 8.73. The number of aromatic amines is 1. The van der Waals surface area contributed by atoms with Crippen LogP contribution in [0.2, 0.25) is 5.02 Å². The van der Waals surface area contributed by atoms with Crippen LogP contribution in [0.3, 0.4) is 0 Å². The lowest BCUT2D eigenvalue weighted by Gasteiger charge is -2.25. The van der Waals surface area contributed by atoms with Crippen molar-refractivity contribution in [3.05, 3.63) is 74.5 Å². The summed E-state index contributed by atoms with van der Waals surface area (Å²) in [6, 6.07) is 7.56. The Morgan fingerprint density at radius 1 is 1.18 bits per heavy atom. The number of ether oxygens (including phenoxy) is 1. The number of imidazole rings is 1. The van der Waals surface area contributed by atoms with Crippen molar-refractivity contribution in [1.29, 1.82) is 0 Å². The average Bonchev–Trinajstić information content (AvgIpc) is 3.02. The predicted molar refractivity (Wildman–Crippen MR) is 104 cm³/mol. The fourth-order valence-corrected chi connectivity index (χ4v) is 4.33. The fraction of sp³-hybridized carbons (Fsp3) is 0.250. The van der Waals surface area contributed by atoms with E-state index in [4.69, 9.17) is 28.6 Å². The van der Waals surface area contributed by atoms with E-state index in [2.05, 4.69) is 4.98 Å². The van der Waals surface area contributed by atoms with Crippen LogP contribution in [0.5, 0.6) is 5.75 Å². The summed E-state index contributed by atoms with van der Waals surface area (Å²) >= 11 is 11.5. The van der Waals surface area contributed by atoms with Crippen LogP contribution in [-0.4, -0.2) is 16.7 Å². The van der Waals surface area contributed by atoms with Crippen molar-refractivity contribution in [3.63, 3.8) is 0 Å². The van der Waals surface area contributed by atoms with Gasteiger partial charge < -0.3 is 9.72 Å². The number of benzene rings is 2. The molecule has 0 bridgehead atoms. The first kappa shape index (κ1) is 19.1. The Morgan fingerprint density at radius 2 is 1.96 bits per heavy atom. The minimum Gasteiger partial charge on any atom is -0.495 e. The number of H-pyrrole nitrogens is 1. The second-order valence-electron chi connectivity index (χ2n) is 6.66. The number of methoxy groups -OCH3 is 1. The number of aromatic nitrogens is 2. The molecule has 0 spiro atoms. The molecular formula is C20H16ClF3N2OS. The Balaban J connectivity index is 1.93. The molecule has 0 aliphatic heterocycles. The first-order chi connectivity index (χ1) is 13.4. The van der Waals surface area contributed by atoms with Gasteiger partial charge in [-0.1, -0.05) is 17.7 Å². The Labute approximate surface area is 169 Å². The molecule has 1 atom stereocenters. The third kappa shape index (κ3) is 3.02. The number of nitrogens with one attached hydrogen (secondary N) is 1. The summed E-state index contributed by atoms with van der Waals surface area (Å²) in [6.45, 7) is 0. The van der Waals surface area contributed by atoms with Crippen LogP contribution in [0.1, 0.15) is 35.7 Å². The Kier molecular flexibility index (Phi) is 4.97. The molecule has 1 N–H and O–H groups in total. The molecule has 3 nitrogen and oxygen atoms in total. The summed E-state index contributed by atoms with van der Waals surface area (Å²) in [5.74, 6) is -3.62. The van der Waals surface area contributed by atoms with E-state index in [-0.39, 0.29) is 16.4 Å². The molecule has 0 amide bonds. The molecule has 1 unspecified atom stereocenters. The molecule has 1 aromatic heterocycles. The highest BCUT2D eigenvalue weighted by Gasteiger charge is 2.29. The summed E-state index contributed by atoms with van der Waals surface area (Å²) in [6.07, 6.45) is 2.42. The summed E-state index contributed by atoms with van der Waals surface area (Å²) in [7, 11) is 1.53. The van der Waals surface area contributed by atoms with Crippen molar-refractivity contribution in [3.8, 4) is 11.4 Å². The van der Waals surface area contributed by atoms with Crippen LogP contribution in [0.4, 0.5) is 13.2 Å². The normalized spacial score (nSPS) is 16.1. The molecule has 4 rings (SSSR count). The third-order valence-corrected chi connectivity index (χ3v) is 5.69. The smallest absolute Gasteiger partial charge is 0.196 e. The highest BCUT2D eigenvalue weighted by Crippen LogP contribution is 2.40. The second kappa shape index (κ2) is 7.29. The van der Waals surface area contributed by atoms with Crippen LogP contribution < -0.4 is 4.74 Å². The van der Waals surface area contributed by atoms with Crippen molar-refractivity contribution in [2.75, 3.05) is 7.11 Å². The molecule has 8 heteroatoms. The van der Waals surface area contributed by atoms with E-state index in [1.54, 1.807) is 6.07 Å². The first-order valence-corrected chi connectivity index (χ1v) is 9.52. The Morgan fingerprint density at radius 3 is 2.71 bits per heavy atom. The number of hydrogen-bond acceptors (Lipinski definition) is 2. The largest absolute Gasteiger partial charge is 0.495 e. The number of nitrogens with zero attached hydrogens (tertiary/aromatic N) is 1. The van der Waals surface area contributed by atoms with Gasteiger partial charge in [0, 0.05) is 11.6 Å². The van der Waals surface area contributed by atoms with Gasteiger partial charge in [0.15, 0.2) is 22.2 Å². The number of aryl methyl sites for hydroxylation is 1. The minimum absolute atomic E-state index is 0.116. The monoisotopic (exact) mass is 424 g/mol. The highest BCUT2D eigenvalue weighted by molar-refractivity contribution is 7.71. The summed E-state index contributed by atoms with van der Waals surface area (Å²) in [4.78, 5) is 3.10. The van der Waals surface area contributed by atoms with Crippen molar-refractivity contribution >= 4 is 23.8 Å². The zero-order chi connectivity index (χ0) is 20.0. The molecule has 146 valence electrons. The molecule has 0 saturated carbocycles. The lowest BCUT2D eigenvalue weighted by atomic mass is 9.84. The van der Waals surface area contributed by atoms with Gasteiger partial charge >= 0.3 is 0 Å². The van der Waals surface area contributed by atoms with Gasteiger partial charge in [-0.25, -0.2) is 13.2 Å². The second-order valence-corrected chi connectivity index (χ2v) is 7.46. The van der Waals surface area contributed by atoms with Gasteiger partial charge in [-0.05, 0) is 61.3 Å². The van der Waals surface area contributed by atoms with Crippen molar-refractivity contribution in [2.45, 2.75) is 25.2 Å². The van der Waals surface area contributed by atoms with E-state index >= 15 is 0 Å². The maximum atomic E-state index is 14.5. The van der Waals surface area contributed by atoms with Crippen LogP contribution in [0, 0.1) is 22.2 Å². The SMILES string of the molecule is COc1cc(C2CCCc3[nH]c(=S)n(-c4ccc(F)c(F)c4F)c32)ccc1Cl. The number of fused-ring (bicyclic) bond motifs is 1. The molecule has 3 aromatic rings. The summed E-state index contributed by atoms with van der Waals surface area (Å²) in [5.41, 5.74) is 2.41. The minimum atomic E-state index is -1.52. The van der Waals surface area contributed by atoms with Gasteiger partial charge in [0.1, 0.15) is 5.75 Å². The maximum Gasteiger partial charge on any atom is 0.196 e. The molecule has 0 saturated heterocycles. The zero-order valence-electron chi connectivity index (χ0n) is 14.9. The molecule has 2 aromatic carbocycles. The van der Waals surface area contributed by atoms with Crippen LogP contribution in [0.15, 0.2) is 30.3 Å². The molecular weight excluding hydrogens is 409 g/mol.